The Kier molecular flexibility index (Phi) is 7.74. The summed E-state index contributed by atoms with van der Waals surface area (Å²) in [5, 5.41) is 16.0. The van der Waals surface area contributed by atoms with E-state index in [4.69, 9.17) is 4.74 Å². The van der Waals surface area contributed by atoms with E-state index >= 15 is 0 Å². The molecule has 1 atom stereocenters. The maximum Gasteiger partial charge on any atom is 0.313 e. The number of benzene rings is 2. The number of hydrogen-bond acceptors (Lipinski definition) is 7. The number of nitrogens with one attached hydrogen (secondary N) is 2. The van der Waals surface area contributed by atoms with Crippen LogP contribution in [0.3, 0.4) is 0 Å². The summed E-state index contributed by atoms with van der Waals surface area (Å²) < 4.78 is 5.23. The van der Waals surface area contributed by atoms with Gasteiger partial charge in [0.25, 0.3) is 5.69 Å². The lowest BCUT2D eigenvalue weighted by Crippen LogP contribution is -2.49. The lowest BCUT2D eigenvalue weighted by atomic mass is 10.0. The fraction of sp³-hybridized carbons (Fsp3) is 0.364. The van der Waals surface area contributed by atoms with Crippen LogP contribution in [0.15, 0.2) is 48.5 Å². The number of nitro benzene ring substituents is 1. The molecule has 1 saturated heterocycles. The van der Waals surface area contributed by atoms with Gasteiger partial charge < -0.3 is 20.3 Å². The molecule has 32 heavy (non-hydrogen) atoms. The Balaban J connectivity index is 1.66. The highest BCUT2D eigenvalue weighted by molar-refractivity contribution is 6.39. The minimum atomic E-state index is -0.877. The topological polar surface area (TPSA) is 117 Å². The zero-order chi connectivity index (χ0) is 23.1. The molecular formula is C22H27N5O5. The molecule has 0 spiro atoms. The van der Waals surface area contributed by atoms with Crippen LogP contribution >= 0.6 is 0 Å². The summed E-state index contributed by atoms with van der Waals surface area (Å²) in [5.74, 6) is -0.937. The lowest BCUT2D eigenvalue weighted by Gasteiger charge is -2.38. The van der Waals surface area contributed by atoms with Crippen molar-refractivity contribution >= 4 is 23.2 Å². The van der Waals surface area contributed by atoms with Gasteiger partial charge in [-0.2, -0.15) is 0 Å². The second kappa shape index (κ2) is 10.7. The third-order valence-corrected chi connectivity index (χ3v) is 5.46. The first-order valence-corrected chi connectivity index (χ1v) is 10.3. The number of amides is 2. The van der Waals surface area contributed by atoms with Crippen LogP contribution in [0.5, 0.6) is 5.75 Å². The number of anilines is 1. The number of piperazine rings is 1. The third-order valence-electron chi connectivity index (χ3n) is 5.46. The van der Waals surface area contributed by atoms with Gasteiger partial charge in [0.2, 0.25) is 0 Å². The van der Waals surface area contributed by atoms with E-state index in [2.05, 4.69) is 27.5 Å². The van der Waals surface area contributed by atoms with Crippen molar-refractivity contribution in [3.05, 3.63) is 64.2 Å². The number of hydrogen-bond donors (Lipinski definition) is 2. The van der Waals surface area contributed by atoms with Crippen molar-refractivity contribution < 1.29 is 19.2 Å². The molecule has 1 aliphatic heterocycles. The standard InChI is InChI=1S/C22H27N5O5/c1-25-10-12-26(13-11-25)20(16-6-8-19(32-2)9-7-16)15-23-21(28)22(29)24-17-4-3-5-18(14-17)27(30)31/h3-9,14,20H,10-13,15H2,1-2H3,(H,23,28)(H,24,29)/t20-/m0/s1. The van der Waals surface area contributed by atoms with Gasteiger partial charge in [0.15, 0.2) is 0 Å². The van der Waals surface area contributed by atoms with Gasteiger partial charge in [-0.05, 0) is 30.8 Å². The van der Waals surface area contributed by atoms with Gasteiger partial charge in [0.1, 0.15) is 5.75 Å². The molecular weight excluding hydrogens is 414 g/mol. The first-order valence-electron chi connectivity index (χ1n) is 10.3. The Morgan fingerprint density at radius 2 is 1.78 bits per heavy atom. The van der Waals surface area contributed by atoms with Crippen LogP contribution in [0.4, 0.5) is 11.4 Å². The van der Waals surface area contributed by atoms with E-state index in [0.29, 0.717) is 0 Å². The second-order valence-corrected chi connectivity index (χ2v) is 7.60. The molecule has 2 aromatic carbocycles. The Morgan fingerprint density at radius 3 is 2.41 bits per heavy atom. The molecule has 0 unspecified atom stereocenters. The maximum atomic E-state index is 12.4. The number of non-ortho nitro benzene ring substituents is 1. The Labute approximate surface area is 186 Å². The minimum Gasteiger partial charge on any atom is -0.497 e. The average Bonchev–Trinajstić information content (AvgIpc) is 2.80. The molecule has 10 nitrogen and oxygen atoms in total. The highest BCUT2D eigenvalue weighted by Gasteiger charge is 2.25. The van der Waals surface area contributed by atoms with Crippen molar-refractivity contribution in [1.82, 2.24) is 15.1 Å². The number of ether oxygens (including phenoxy) is 1. The summed E-state index contributed by atoms with van der Waals surface area (Å²) in [6.07, 6.45) is 0. The number of nitro groups is 1. The van der Waals surface area contributed by atoms with Crippen molar-refractivity contribution in [2.24, 2.45) is 0 Å². The van der Waals surface area contributed by atoms with Crippen LogP contribution in [0.25, 0.3) is 0 Å². The number of methoxy groups -OCH3 is 1. The van der Waals surface area contributed by atoms with E-state index in [1.165, 1.54) is 24.3 Å². The molecule has 3 rings (SSSR count). The van der Waals surface area contributed by atoms with E-state index in [9.17, 15) is 19.7 Å². The smallest absolute Gasteiger partial charge is 0.313 e. The highest BCUT2D eigenvalue weighted by Crippen LogP contribution is 2.24. The van der Waals surface area contributed by atoms with Crippen LogP contribution in [0, 0.1) is 10.1 Å². The molecule has 2 N–H and O–H groups in total. The summed E-state index contributed by atoms with van der Waals surface area (Å²) in [6, 6.07) is 13.0. The van der Waals surface area contributed by atoms with Crippen molar-refractivity contribution in [3.8, 4) is 5.75 Å². The monoisotopic (exact) mass is 441 g/mol. The molecule has 0 bridgehead atoms. The molecule has 0 aliphatic carbocycles. The van der Waals surface area contributed by atoms with Gasteiger partial charge in [0.05, 0.1) is 18.1 Å². The zero-order valence-corrected chi connectivity index (χ0v) is 18.1. The van der Waals surface area contributed by atoms with Crippen molar-refractivity contribution in [2.75, 3.05) is 52.2 Å². The van der Waals surface area contributed by atoms with E-state index in [0.717, 1.165) is 37.5 Å². The quantitative estimate of drug-likeness (QED) is 0.381. The van der Waals surface area contributed by atoms with Crippen LogP contribution < -0.4 is 15.4 Å². The van der Waals surface area contributed by atoms with Gasteiger partial charge >= 0.3 is 11.8 Å². The minimum absolute atomic E-state index is 0.107. The maximum absolute atomic E-state index is 12.4. The molecule has 170 valence electrons. The normalized spacial score (nSPS) is 15.6. The van der Waals surface area contributed by atoms with Gasteiger partial charge in [-0.3, -0.25) is 24.6 Å². The molecule has 2 amide bonds. The molecule has 0 saturated carbocycles. The second-order valence-electron chi connectivity index (χ2n) is 7.60. The van der Waals surface area contributed by atoms with Gasteiger partial charge in [-0.25, -0.2) is 0 Å². The first-order chi connectivity index (χ1) is 15.4. The Morgan fingerprint density at radius 1 is 1.09 bits per heavy atom. The predicted octanol–water partition coefficient (Wildman–Crippen LogP) is 1.65. The molecule has 0 aromatic heterocycles. The lowest BCUT2D eigenvalue weighted by molar-refractivity contribution is -0.384. The van der Waals surface area contributed by atoms with Crippen LogP contribution in [0.1, 0.15) is 11.6 Å². The van der Waals surface area contributed by atoms with Gasteiger partial charge in [0, 0.05) is 50.5 Å². The fourth-order valence-corrected chi connectivity index (χ4v) is 3.57. The SMILES string of the molecule is COc1ccc([C@H](CNC(=O)C(=O)Nc2cccc([N+](=O)[O-])c2)N2CCN(C)CC2)cc1. The number of carbonyl (C=O) groups is 2. The van der Waals surface area contributed by atoms with Crippen LogP contribution in [-0.4, -0.2) is 73.4 Å². The zero-order valence-electron chi connectivity index (χ0n) is 18.1. The number of rotatable bonds is 7. The molecule has 1 fully saturated rings. The number of carbonyl (C=O) groups excluding carboxylic acids is 2. The molecule has 2 aromatic rings. The van der Waals surface area contributed by atoms with Crippen LogP contribution in [-0.2, 0) is 9.59 Å². The third kappa shape index (κ3) is 6.02. The summed E-state index contributed by atoms with van der Waals surface area (Å²) >= 11 is 0. The Bertz CT molecular complexity index is 957. The fourth-order valence-electron chi connectivity index (χ4n) is 3.57. The van der Waals surface area contributed by atoms with E-state index in [1.54, 1.807) is 7.11 Å². The predicted molar refractivity (Wildman–Crippen MR) is 120 cm³/mol. The summed E-state index contributed by atoms with van der Waals surface area (Å²) in [6.45, 7) is 3.74. The first kappa shape index (κ1) is 23.2. The van der Waals surface area contributed by atoms with E-state index in [1.807, 2.05) is 24.3 Å². The van der Waals surface area contributed by atoms with Crippen molar-refractivity contribution in [2.45, 2.75) is 6.04 Å². The van der Waals surface area contributed by atoms with Gasteiger partial charge in [-0.15, -0.1) is 0 Å². The van der Waals surface area contributed by atoms with Gasteiger partial charge in [-0.1, -0.05) is 18.2 Å². The van der Waals surface area contributed by atoms with Crippen molar-refractivity contribution in [3.63, 3.8) is 0 Å². The summed E-state index contributed by atoms with van der Waals surface area (Å²) in [5.41, 5.74) is 1.03. The molecule has 10 heteroatoms. The number of likely N-dealkylation sites (N-methyl/N-ethyl adjacent to an activating group) is 1. The van der Waals surface area contributed by atoms with E-state index in [-0.39, 0.29) is 24.0 Å². The summed E-state index contributed by atoms with van der Waals surface area (Å²) in [7, 11) is 3.67. The van der Waals surface area contributed by atoms with Crippen molar-refractivity contribution in [1.29, 1.82) is 0 Å². The number of nitrogens with zero attached hydrogens (tertiary/aromatic N) is 3. The average molecular weight is 441 g/mol. The highest BCUT2D eigenvalue weighted by atomic mass is 16.6. The Hall–Kier alpha value is -3.50. The summed E-state index contributed by atoms with van der Waals surface area (Å²) in [4.78, 5) is 39.6. The molecule has 1 aliphatic rings. The molecule has 0 radical (unpaired) electrons. The largest absolute Gasteiger partial charge is 0.497 e. The molecule has 1 heterocycles. The van der Waals surface area contributed by atoms with E-state index < -0.39 is 16.7 Å². The van der Waals surface area contributed by atoms with Crippen LogP contribution in [0.2, 0.25) is 0 Å².